The Balaban J connectivity index is 4.34. The first-order valence-electron chi connectivity index (χ1n) is 1.81. The molecule has 0 aromatic rings. The van der Waals surface area contributed by atoms with Crippen molar-refractivity contribution in [3.8, 4) is 6.07 Å². The second kappa shape index (κ2) is 2.09. The Hall–Kier alpha value is -0.630. The summed E-state index contributed by atoms with van der Waals surface area (Å²) in [6.07, 6.45) is 0. The topological polar surface area (TPSA) is 57.9 Å². The maximum atomic E-state index is 11.5. The fraction of sp³-hybridized carbons (Fsp3) is 0.667. The average molecular weight is 137 g/mol. The van der Waals surface area contributed by atoms with Gasteiger partial charge in [0.1, 0.15) is 0 Å². The van der Waals surface area contributed by atoms with E-state index in [2.05, 4.69) is 0 Å². The Bertz CT molecular complexity index is 202. The summed E-state index contributed by atoms with van der Waals surface area (Å²) >= 11 is 0. The van der Waals surface area contributed by atoms with E-state index < -0.39 is 15.5 Å². The van der Waals surface area contributed by atoms with Crippen LogP contribution in [0.5, 0.6) is 0 Å². The van der Waals surface area contributed by atoms with Crippen LogP contribution in [-0.4, -0.2) is 13.7 Å². The Morgan fingerprint density at radius 3 is 2.12 bits per heavy atom. The lowest BCUT2D eigenvalue weighted by Crippen LogP contribution is -2.08. The van der Waals surface area contributed by atoms with Crippen LogP contribution in [-0.2, 0) is 10.2 Å². The zero-order valence-corrected chi connectivity index (χ0v) is 4.94. The van der Waals surface area contributed by atoms with E-state index in [0.717, 1.165) is 6.92 Å². The van der Waals surface area contributed by atoms with Gasteiger partial charge in [-0.05, 0) is 6.92 Å². The Morgan fingerprint density at radius 1 is 1.75 bits per heavy atom. The fourth-order valence-corrected chi connectivity index (χ4v) is 0.189. The van der Waals surface area contributed by atoms with Crippen molar-refractivity contribution in [1.29, 1.82) is 5.26 Å². The standard InChI is InChI=1S/C3H4FNO2S/c1-3(2-5)8(4,6)7/h3H,1H3. The van der Waals surface area contributed by atoms with Gasteiger partial charge in [0.05, 0.1) is 6.07 Å². The second-order valence-corrected chi connectivity index (χ2v) is 2.91. The van der Waals surface area contributed by atoms with Crippen molar-refractivity contribution >= 4 is 10.2 Å². The predicted molar refractivity (Wildman–Crippen MR) is 25.1 cm³/mol. The Labute approximate surface area is 46.9 Å². The molecule has 1 atom stereocenters. The van der Waals surface area contributed by atoms with Crippen LogP contribution in [0.2, 0.25) is 0 Å². The van der Waals surface area contributed by atoms with E-state index in [0.29, 0.717) is 0 Å². The van der Waals surface area contributed by atoms with Crippen molar-refractivity contribution in [2.45, 2.75) is 12.2 Å². The molecule has 0 aliphatic rings. The number of rotatable bonds is 1. The first-order chi connectivity index (χ1) is 3.48. The summed E-state index contributed by atoms with van der Waals surface area (Å²) in [5, 5.41) is 6.26. The minimum absolute atomic E-state index is 0.981. The van der Waals surface area contributed by atoms with E-state index in [4.69, 9.17) is 5.26 Å². The SMILES string of the molecule is CC(C#N)S(=O)(=O)F. The minimum atomic E-state index is -4.61. The van der Waals surface area contributed by atoms with Crippen molar-refractivity contribution < 1.29 is 12.3 Å². The molecule has 0 aromatic carbocycles. The molecule has 0 aromatic heterocycles. The first-order valence-corrected chi connectivity index (χ1v) is 3.26. The highest BCUT2D eigenvalue weighted by Gasteiger charge is 2.17. The molecule has 0 bridgehead atoms. The summed E-state index contributed by atoms with van der Waals surface area (Å²) in [6.45, 7) is 0.981. The molecule has 0 amide bonds. The first kappa shape index (κ1) is 7.37. The highest BCUT2D eigenvalue weighted by molar-refractivity contribution is 7.87. The van der Waals surface area contributed by atoms with Gasteiger partial charge in [0, 0.05) is 0 Å². The summed E-state index contributed by atoms with van der Waals surface area (Å²) in [7, 11) is -4.61. The molecular weight excluding hydrogens is 133 g/mol. The molecule has 0 spiro atoms. The van der Waals surface area contributed by atoms with Crippen LogP contribution in [0.15, 0.2) is 0 Å². The highest BCUT2D eigenvalue weighted by Crippen LogP contribution is 1.99. The van der Waals surface area contributed by atoms with Gasteiger partial charge in [-0.1, -0.05) is 0 Å². The normalized spacial score (nSPS) is 14.6. The molecule has 0 N–H and O–H groups in total. The van der Waals surface area contributed by atoms with Gasteiger partial charge >= 0.3 is 10.2 Å². The second-order valence-electron chi connectivity index (χ2n) is 1.25. The molecule has 8 heavy (non-hydrogen) atoms. The van der Waals surface area contributed by atoms with Crippen LogP contribution in [0, 0.1) is 11.3 Å². The average Bonchev–Trinajstić information content (AvgIpc) is 1.62. The predicted octanol–water partition coefficient (Wildman–Crippen LogP) is 0.198. The molecule has 0 radical (unpaired) electrons. The van der Waals surface area contributed by atoms with Gasteiger partial charge in [-0.2, -0.15) is 13.7 Å². The maximum absolute atomic E-state index is 11.5. The summed E-state index contributed by atoms with van der Waals surface area (Å²) in [6, 6.07) is 1.24. The van der Waals surface area contributed by atoms with Crippen LogP contribution in [0.3, 0.4) is 0 Å². The van der Waals surface area contributed by atoms with Gasteiger partial charge in [0.25, 0.3) is 0 Å². The zero-order valence-electron chi connectivity index (χ0n) is 4.13. The minimum Gasteiger partial charge on any atom is -0.197 e. The lowest BCUT2D eigenvalue weighted by molar-refractivity contribution is 0.547. The Kier molecular flexibility index (Phi) is 1.93. The van der Waals surface area contributed by atoms with Crippen LogP contribution in [0.25, 0.3) is 0 Å². The van der Waals surface area contributed by atoms with Gasteiger partial charge in [-0.25, -0.2) is 0 Å². The van der Waals surface area contributed by atoms with E-state index in [9.17, 15) is 12.3 Å². The van der Waals surface area contributed by atoms with Gasteiger partial charge < -0.3 is 0 Å². The summed E-state index contributed by atoms with van der Waals surface area (Å²) in [5.41, 5.74) is 0. The largest absolute Gasteiger partial charge is 0.318 e. The molecule has 3 nitrogen and oxygen atoms in total. The van der Waals surface area contributed by atoms with Crippen molar-refractivity contribution in [3.63, 3.8) is 0 Å². The summed E-state index contributed by atoms with van der Waals surface area (Å²) < 4.78 is 30.9. The third-order valence-electron chi connectivity index (χ3n) is 0.604. The summed E-state index contributed by atoms with van der Waals surface area (Å²) in [5.74, 6) is 0. The summed E-state index contributed by atoms with van der Waals surface area (Å²) in [4.78, 5) is 0. The molecule has 0 saturated heterocycles. The fourth-order valence-electron chi connectivity index (χ4n) is 0.0630. The van der Waals surface area contributed by atoms with Crippen molar-refractivity contribution in [1.82, 2.24) is 0 Å². The lowest BCUT2D eigenvalue weighted by Gasteiger charge is -1.88. The van der Waals surface area contributed by atoms with Crippen molar-refractivity contribution in [3.05, 3.63) is 0 Å². The molecule has 0 aliphatic carbocycles. The number of hydrogen-bond donors (Lipinski definition) is 0. The number of nitrogens with zero attached hydrogens (tertiary/aromatic N) is 1. The quantitative estimate of drug-likeness (QED) is 0.485. The third kappa shape index (κ3) is 1.89. The number of hydrogen-bond acceptors (Lipinski definition) is 3. The van der Waals surface area contributed by atoms with Crippen molar-refractivity contribution in [2.24, 2.45) is 0 Å². The molecule has 46 valence electrons. The van der Waals surface area contributed by atoms with E-state index in [-0.39, 0.29) is 0 Å². The third-order valence-corrected chi connectivity index (χ3v) is 1.55. The van der Waals surface area contributed by atoms with Crippen LogP contribution in [0.1, 0.15) is 6.92 Å². The van der Waals surface area contributed by atoms with Gasteiger partial charge in [-0.3, -0.25) is 0 Å². The molecular formula is C3H4FNO2S. The van der Waals surface area contributed by atoms with E-state index in [1.54, 1.807) is 0 Å². The maximum Gasteiger partial charge on any atom is 0.318 e. The van der Waals surface area contributed by atoms with Crippen LogP contribution >= 0.6 is 0 Å². The molecule has 0 saturated carbocycles. The number of halogens is 1. The zero-order chi connectivity index (χ0) is 6.78. The monoisotopic (exact) mass is 137 g/mol. The van der Waals surface area contributed by atoms with Gasteiger partial charge in [0.2, 0.25) is 0 Å². The molecule has 5 heteroatoms. The van der Waals surface area contributed by atoms with E-state index in [1.807, 2.05) is 0 Å². The van der Waals surface area contributed by atoms with Crippen molar-refractivity contribution in [2.75, 3.05) is 0 Å². The Morgan fingerprint density at radius 2 is 2.12 bits per heavy atom. The van der Waals surface area contributed by atoms with E-state index in [1.165, 1.54) is 6.07 Å². The lowest BCUT2D eigenvalue weighted by atomic mass is 10.5. The highest BCUT2D eigenvalue weighted by atomic mass is 32.3. The molecule has 0 heterocycles. The number of nitriles is 1. The molecule has 1 unspecified atom stereocenters. The smallest absolute Gasteiger partial charge is 0.197 e. The van der Waals surface area contributed by atoms with Gasteiger partial charge in [0.15, 0.2) is 5.25 Å². The molecule has 0 fully saturated rings. The van der Waals surface area contributed by atoms with Crippen LogP contribution < -0.4 is 0 Å². The molecule has 0 aliphatic heterocycles. The van der Waals surface area contributed by atoms with Crippen LogP contribution in [0.4, 0.5) is 3.89 Å². The molecule has 0 rings (SSSR count). The van der Waals surface area contributed by atoms with Gasteiger partial charge in [-0.15, -0.1) is 3.89 Å². The van der Waals surface area contributed by atoms with E-state index >= 15 is 0 Å².